The van der Waals surface area contributed by atoms with Crippen molar-refractivity contribution in [3.63, 3.8) is 0 Å². The molecule has 1 rings (SSSR count). The first-order valence-electron chi connectivity index (χ1n) is 2.86. The van der Waals surface area contributed by atoms with Crippen LogP contribution in [0.15, 0.2) is 12.7 Å². The van der Waals surface area contributed by atoms with Crippen LogP contribution in [-0.4, -0.2) is 24.3 Å². The Morgan fingerprint density at radius 3 is 2.62 bits per heavy atom. The fraction of sp³-hybridized carbons (Fsp3) is 0.667. The molecule has 1 aliphatic heterocycles. The third-order valence-corrected chi connectivity index (χ3v) is 1.53. The van der Waals surface area contributed by atoms with Gasteiger partial charge in [0.1, 0.15) is 0 Å². The molecular weight excluding hydrogens is 102 g/mol. The Hall–Kier alpha value is -0.340. The Labute approximate surface area is 49.2 Å². The molecule has 2 atom stereocenters. The van der Waals surface area contributed by atoms with Crippen molar-refractivity contribution in [3.8, 4) is 0 Å². The molecule has 0 aromatic heterocycles. The van der Waals surface area contributed by atoms with E-state index in [1.54, 1.807) is 6.08 Å². The maximum absolute atomic E-state index is 9.06. The highest BCUT2D eigenvalue weighted by Gasteiger charge is 2.20. The van der Waals surface area contributed by atoms with E-state index >= 15 is 0 Å². The topological polar surface area (TPSA) is 32.3 Å². The van der Waals surface area contributed by atoms with Gasteiger partial charge in [0, 0.05) is 19.0 Å². The van der Waals surface area contributed by atoms with Crippen molar-refractivity contribution < 1.29 is 5.11 Å². The van der Waals surface area contributed by atoms with Gasteiger partial charge in [0.15, 0.2) is 0 Å². The lowest BCUT2D eigenvalue weighted by molar-refractivity contribution is 0.168. The van der Waals surface area contributed by atoms with E-state index in [9.17, 15) is 0 Å². The molecule has 0 saturated carbocycles. The van der Waals surface area contributed by atoms with Crippen molar-refractivity contribution in [3.05, 3.63) is 12.7 Å². The number of hydrogen-bond acceptors (Lipinski definition) is 2. The van der Waals surface area contributed by atoms with E-state index < -0.39 is 0 Å². The Kier molecular flexibility index (Phi) is 1.65. The highest BCUT2D eigenvalue weighted by molar-refractivity contribution is 4.91. The van der Waals surface area contributed by atoms with Crippen LogP contribution in [0.2, 0.25) is 0 Å². The summed E-state index contributed by atoms with van der Waals surface area (Å²) in [5.41, 5.74) is 0. The summed E-state index contributed by atoms with van der Waals surface area (Å²) in [5, 5.41) is 12.1. The van der Waals surface area contributed by atoms with Gasteiger partial charge in [-0.1, -0.05) is 6.08 Å². The number of aliphatic hydroxyl groups is 1. The van der Waals surface area contributed by atoms with E-state index in [0.717, 1.165) is 13.1 Å². The van der Waals surface area contributed by atoms with Gasteiger partial charge in [-0.15, -0.1) is 6.58 Å². The van der Waals surface area contributed by atoms with Crippen molar-refractivity contribution in [1.82, 2.24) is 5.32 Å². The minimum Gasteiger partial charge on any atom is -0.391 e. The molecule has 0 amide bonds. The van der Waals surface area contributed by atoms with E-state index in [1.807, 2.05) is 0 Å². The van der Waals surface area contributed by atoms with Gasteiger partial charge in [0.25, 0.3) is 0 Å². The Morgan fingerprint density at radius 2 is 2.38 bits per heavy atom. The van der Waals surface area contributed by atoms with E-state index in [0.29, 0.717) is 0 Å². The van der Waals surface area contributed by atoms with Crippen LogP contribution in [-0.2, 0) is 0 Å². The predicted octanol–water partition coefficient (Wildman–Crippen LogP) is -0.247. The molecule has 1 saturated heterocycles. The van der Waals surface area contributed by atoms with Crippen LogP contribution >= 0.6 is 0 Å². The van der Waals surface area contributed by atoms with Crippen molar-refractivity contribution in [2.75, 3.05) is 13.1 Å². The second-order valence-electron chi connectivity index (χ2n) is 2.13. The second kappa shape index (κ2) is 2.29. The largest absolute Gasteiger partial charge is 0.391 e. The third kappa shape index (κ3) is 0.904. The molecule has 8 heavy (non-hydrogen) atoms. The van der Waals surface area contributed by atoms with Crippen molar-refractivity contribution in [2.45, 2.75) is 6.10 Å². The summed E-state index contributed by atoms with van der Waals surface area (Å²) in [4.78, 5) is 0. The third-order valence-electron chi connectivity index (χ3n) is 1.53. The van der Waals surface area contributed by atoms with Crippen LogP contribution < -0.4 is 5.32 Å². The SMILES string of the molecule is C=C[C@@H]1CNC[C@H]1O. The lowest BCUT2D eigenvalue weighted by Crippen LogP contribution is -2.15. The standard InChI is InChI=1S/C6H11NO/c1-2-5-3-7-4-6(5)8/h2,5-8H,1,3-4H2/t5-,6-/m1/s1. The zero-order chi connectivity index (χ0) is 5.98. The molecular formula is C6H11NO. The van der Waals surface area contributed by atoms with Crippen molar-refractivity contribution in [1.29, 1.82) is 0 Å². The van der Waals surface area contributed by atoms with Gasteiger partial charge in [0.2, 0.25) is 0 Å². The smallest absolute Gasteiger partial charge is 0.0739 e. The fourth-order valence-corrected chi connectivity index (χ4v) is 0.926. The fourth-order valence-electron chi connectivity index (χ4n) is 0.926. The molecule has 0 aromatic rings. The number of hydrogen-bond donors (Lipinski definition) is 2. The maximum Gasteiger partial charge on any atom is 0.0739 e. The first-order chi connectivity index (χ1) is 3.84. The Bertz CT molecular complexity index is 92.5. The van der Waals surface area contributed by atoms with Crippen LogP contribution in [0.3, 0.4) is 0 Å². The molecule has 2 heteroatoms. The van der Waals surface area contributed by atoms with Crippen LogP contribution in [0.5, 0.6) is 0 Å². The van der Waals surface area contributed by atoms with Crippen LogP contribution in [0.25, 0.3) is 0 Å². The minimum absolute atomic E-state index is 0.201. The van der Waals surface area contributed by atoms with E-state index in [2.05, 4.69) is 11.9 Å². The molecule has 0 aliphatic carbocycles. The lowest BCUT2D eigenvalue weighted by Gasteiger charge is -2.04. The van der Waals surface area contributed by atoms with Gasteiger partial charge >= 0.3 is 0 Å². The molecule has 0 unspecified atom stereocenters. The summed E-state index contributed by atoms with van der Waals surface area (Å²) in [6.07, 6.45) is 1.59. The van der Waals surface area contributed by atoms with Crippen LogP contribution in [0.1, 0.15) is 0 Å². The molecule has 1 heterocycles. The zero-order valence-electron chi connectivity index (χ0n) is 4.80. The molecule has 1 fully saturated rings. The molecule has 46 valence electrons. The summed E-state index contributed by atoms with van der Waals surface area (Å²) in [7, 11) is 0. The molecule has 0 aromatic carbocycles. The number of aliphatic hydroxyl groups excluding tert-OH is 1. The van der Waals surface area contributed by atoms with Gasteiger partial charge < -0.3 is 10.4 Å². The zero-order valence-corrected chi connectivity index (χ0v) is 4.80. The summed E-state index contributed by atoms with van der Waals surface area (Å²) in [5.74, 6) is 0.273. The Morgan fingerprint density at radius 1 is 1.62 bits per heavy atom. The Balaban J connectivity index is 2.41. The molecule has 0 radical (unpaired) electrons. The molecule has 2 N–H and O–H groups in total. The molecule has 0 bridgehead atoms. The monoisotopic (exact) mass is 113 g/mol. The minimum atomic E-state index is -0.201. The summed E-state index contributed by atoms with van der Waals surface area (Å²) < 4.78 is 0. The average Bonchev–Trinajstić information content (AvgIpc) is 2.14. The van der Waals surface area contributed by atoms with Gasteiger partial charge in [0.05, 0.1) is 6.10 Å². The van der Waals surface area contributed by atoms with Crippen molar-refractivity contribution >= 4 is 0 Å². The predicted molar refractivity (Wildman–Crippen MR) is 32.6 cm³/mol. The summed E-state index contributed by atoms with van der Waals surface area (Å²) in [6, 6.07) is 0. The quantitative estimate of drug-likeness (QED) is 0.460. The van der Waals surface area contributed by atoms with E-state index in [1.165, 1.54) is 0 Å². The van der Waals surface area contributed by atoms with Gasteiger partial charge in [-0.25, -0.2) is 0 Å². The molecule has 1 aliphatic rings. The number of rotatable bonds is 1. The van der Waals surface area contributed by atoms with Gasteiger partial charge in [-0.3, -0.25) is 0 Å². The normalized spacial score (nSPS) is 37.6. The van der Waals surface area contributed by atoms with Gasteiger partial charge in [-0.05, 0) is 0 Å². The molecule has 0 spiro atoms. The highest BCUT2D eigenvalue weighted by Crippen LogP contribution is 2.07. The van der Waals surface area contributed by atoms with Crippen molar-refractivity contribution in [2.24, 2.45) is 5.92 Å². The highest BCUT2D eigenvalue weighted by atomic mass is 16.3. The lowest BCUT2D eigenvalue weighted by atomic mass is 10.1. The maximum atomic E-state index is 9.06. The van der Waals surface area contributed by atoms with Gasteiger partial charge in [-0.2, -0.15) is 0 Å². The van der Waals surface area contributed by atoms with Crippen LogP contribution in [0, 0.1) is 5.92 Å². The van der Waals surface area contributed by atoms with E-state index in [4.69, 9.17) is 5.11 Å². The average molecular weight is 113 g/mol. The number of nitrogens with one attached hydrogen (secondary N) is 1. The number of β-amino-alcohol motifs (C(OH)–C–C–N with tert-alkyl or cyclic N) is 1. The first kappa shape index (κ1) is 5.79. The summed E-state index contributed by atoms with van der Waals surface area (Å²) >= 11 is 0. The second-order valence-corrected chi connectivity index (χ2v) is 2.13. The first-order valence-corrected chi connectivity index (χ1v) is 2.86. The van der Waals surface area contributed by atoms with Crippen LogP contribution in [0.4, 0.5) is 0 Å². The molecule has 2 nitrogen and oxygen atoms in total. The summed E-state index contributed by atoms with van der Waals surface area (Å²) in [6.45, 7) is 5.19. The van der Waals surface area contributed by atoms with E-state index in [-0.39, 0.29) is 12.0 Å².